The van der Waals surface area contributed by atoms with Crippen LogP contribution in [0.4, 0.5) is 0 Å². The maximum absolute atomic E-state index is 13.1. The fraction of sp³-hybridized carbons (Fsp3) is 0.579. The highest BCUT2D eigenvalue weighted by Gasteiger charge is 2.35. The van der Waals surface area contributed by atoms with E-state index in [0.717, 1.165) is 25.9 Å². The van der Waals surface area contributed by atoms with Crippen molar-refractivity contribution in [2.24, 2.45) is 5.92 Å². The van der Waals surface area contributed by atoms with E-state index in [1.807, 2.05) is 18.7 Å². The van der Waals surface area contributed by atoms with Gasteiger partial charge in [0.05, 0.1) is 0 Å². The minimum atomic E-state index is -0.514. The Hall–Kier alpha value is -1.30. The van der Waals surface area contributed by atoms with E-state index in [2.05, 4.69) is 10.6 Å². The number of amides is 2. The van der Waals surface area contributed by atoms with Gasteiger partial charge in [-0.3, -0.25) is 9.59 Å². The number of hydrogen-bond acceptors (Lipinski definition) is 3. The Morgan fingerprint density at radius 1 is 1.15 bits per heavy atom. The Morgan fingerprint density at radius 3 is 2.46 bits per heavy atom. The lowest BCUT2D eigenvalue weighted by molar-refractivity contribution is -0.134. The molecule has 26 heavy (non-hydrogen) atoms. The summed E-state index contributed by atoms with van der Waals surface area (Å²) in [6.07, 6.45) is 3.31. The van der Waals surface area contributed by atoms with Crippen molar-refractivity contribution in [3.8, 4) is 0 Å². The molecule has 3 unspecified atom stereocenters. The molecule has 2 N–H and O–H groups in total. The molecule has 3 atom stereocenters. The second-order valence-corrected chi connectivity index (χ2v) is 7.85. The largest absolute Gasteiger partial charge is 0.340 e. The summed E-state index contributed by atoms with van der Waals surface area (Å²) in [7, 11) is 0. The molecule has 0 spiro atoms. The number of likely N-dealkylation sites (tertiary alicyclic amines) is 1. The highest BCUT2D eigenvalue weighted by atomic mass is 35.5. The van der Waals surface area contributed by atoms with Crippen molar-refractivity contribution >= 4 is 35.8 Å². The number of carbonyl (C=O) groups excluding carboxylic acids is 2. The Balaban J connectivity index is 0.00000243. The quantitative estimate of drug-likeness (QED) is 0.817. The van der Waals surface area contributed by atoms with Crippen LogP contribution < -0.4 is 10.6 Å². The minimum absolute atomic E-state index is 0. The van der Waals surface area contributed by atoms with Gasteiger partial charge in [-0.1, -0.05) is 25.4 Å². The number of nitrogens with one attached hydrogen (secondary N) is 2. The van der Waals surface area contributed by atoms with Gasteiger partial charge in [0, 0.05) is 35.8 Å². The summed E-state index contributed by atoms with van der Waals surface area (Å²) in [5.74, 6) is -0.193. The van der Waals surface area contributed by atoms with Crippen molar-refractivity contribution in [1.82, 2.24) is 15.5 Å². The third kappa shape index (κ3) is 4.90. The van der Waals surface area contributed by atoms with Crippen LogP contribution in [0.2, 0.25) is 5.02 Å². The SMILES string of the molecule is CC(C)C(NC(=O)c1ccc(Cl)cc1)C(=O)N1CCC2CCC(C1)N2.Cl. The monoisotopic (exact) mass is 399 g/mol. The number of nitrogens with zero attached hydrogens (tertiary/aromatic N) is 1. The molecule has 2 amide bonds. The van der Waals surface area contributed by atoms with Crippen LogP contribution >= 0.6 is 24.0 Å². The molecule has 2 bridgehead atoms. The molecule has 2 aliphatic rings. The molecular formula is C19H27Cl2N3O2. The van der Waals surface area contributed by atoms with Crippen LogP contribution in [0, 0.1) is 5.92 Å². The lowest BCUT2D eigenvalue weighted by Crippen LogP contribution is -2.53. The van der Waals surface area contributed by atoms with Gasteiger partial charge in [-0.2, -0.15) is 0 Å². The molecule has 2 heterocycles. The van der Waals surface area contributed by atoms with Gasteiger partial charge in [-0.05, 0) is 49.4 Å². The number of carbonyl (C=O) groups is 2. The molecule has 0 radical (unpaired) electrons. The molecule has 5 nitrogen and oxygen atoms in total. The van der Waals surface area contributed by atoms with Gasteiger partial charge >= 0.3 is 0 Å². The Kier molecular flexibility index (Phi) is 7.33. The molecule has 3 rings (SSSR count). The molecule has 1 aromatic rings. The molecule has 2 aliphatic heterocycles. The van der Waals surface area contributed by atoms with E-state index < -0.39 is 6.04 Å². The van der Waals surface area contributed by atoms with E-state index >= 15 is 0 Å². The summed E-state index contributed by atoms with van der Waals surface area (Å²) < 4.78 is 0. The zero-order chi connectivity index (χ0) is 18.0. The lowest BCUT2D eigenvalue weighted by atomic mass is 10.0. The highest BCUT2D eigenvalue weighted by Crippen LogP contribution is 2.21. The van der Waals surface area contributed by atoms with Crippen LogP contribution in [0.15, 0.2) is 24.3 Å². The van der Waals surface area contributed by atoms with Gasteiger partial charge in [-0.15, -0.1) is 12.4 Å². The van der Waals surface area contributed by atoms with Crippen LogP contribution in [0.5, 0.6) is 0 Å². The normalized spacial score (nSPS) is 23.2. The number of rotatable bonds is 4. The molecule has 0 aromatic heterocycles. The zero-order valence-electron chi connectivity index (χ0n) is 15.2. The van der Waals surface area contributed by atoms with Crippen molar-refractivity contribution in [3.63, 3.8) is 0 Å². The molecule has 0 saturated carbocycles. The van der Waals surface area contributed by atoms with Crippen molar-refractivity contribution in [1.29, 1.82) is 0 Å². The van der Waals surface area contributed by atoms with Crippen LogP contribution in [0.1, 0.15) is 43.5 Å². The van der Waals surface area contributed by atoms with E-state index in [-0.39, 0.29) is 30.1 Å². The summed E-state index contributed by atoms with van der Waals surface area (Å²) in [4.78, 5) is 27.5. The maximum Gasteiger partial charge on any atom is 0.251 e. The topological polar surface area (TPSA) is 61.4 Å². The second kappa shape index (κ2) is 9.07. The van der Waals surface area contributed by atoms with Crippen LogP contribution in [0.3, 0.4) is 0 Å². The fourth-order valence-electron chi connectivity index (χ4n) is 3.68. The van der Waals surface area contributed by atoms with Gasteiger partial charge in [0.2, 0.25) is 5.91 Å². The standard InChI is InChI=1S/C19H26ClN3O2.ClH/c1-12(2)17(22-18(24)13-3-5-14(20)6-4-13)19(25)23-10-9-15-7-8-16(11-23)21-15;/h3-6,12,15-17,21H,7-11H2,1-2H3,(H,22,24);1H. The van der Waals surface area contributed by atoms with Gasteiger partial charge in [0.25, 0.3) is 5.91 Å². The Morgan fingerprint density at radius 2 is 1.81 bits per heavy atom. The van der Waals surface area contributed by atoms with Gasteiger partial charge in [-0.25, -0.2) is 0 Å². The molecule has 2 saturated heterocycles. The van der Waals surface area contributed by atoms with Crippen LogP contribution in [-0.4, -0.2) is 47.9 Å². The Bertz CT molecular complexity index is 636. The number of fused-ring (bicyclic) bond motifs is 2. The predicted molar refractivity (Wildman–Crippen MR) is 106 cm³/mol. The van der Waals surface area contributed by atoms with E-state index in [1.54, 1.807) is 24.3 Å². The van der Waals surface area contributed by atoms with Gasteiger partial charge in [0.15, 0.2) is 0 Å². The van der Waals surface area contributed by atoms with E-state index in [0.29, 0.717) is 22.7 Å². The van der Waals surface area contributed by atoms with Crippen molar-refractivity contribution < 1.29 is 9.59 Å². The number of halogens is 2. The molecule has 0 aliphatic carbocycles. The molecule has 1 aromatic carbocycles. The second-order valence-electron chi connectivity index (χ2n) is 7.41. The highest BCUT2D eigenvalue weighted by molar-refractivity contribution is 6.30. The van der Waals surface area contributed by atoms with E-state index in [9.17, 15) is 9.59 Å². The summed E-state index contributed by atoms with van der Waals surface area (Å²) in [6, 6.07) is 7.11. The summed E-state index contributed by atoms with van der Waals surface area (Å²) in [5.41, 5.74) is 0.513. The summed E-state index contributed by atoms with van der Waals surface area (Å²) in [6.45, 7) is 5.42. The minimum Gasteiger partial charge on any atom is -0.340 e. The molecule has 144 valence electrons. The maximum atomic E-state index is 13.1. The van der Waals surface area contributed by atoms with Gasteiger partial charge < -0.3 is 15.5 Å². The fourth-order valence-corrected chi connectivity index (χ4v) is 3.81. The average Bonchev–Trinajstić information content (AvgIpc) is 2.91. The first-order chi connectivity index (χ1) is 11.9. The van der Waals surface area contributed by atoms with E-state index in [1.165, 1.54) is 6.42 Å². The van der Waals surface area contributed by atoms with Crippen LogP contribution in [-0.2, 0) is 4.79 Å². The van der Waals surface area contributed by atoms with E-state index in [4.69, 9.17) is 11.6 Å². The third-order valence-electron chi connectivity index (χ3n) is 5.16. The molecule has 7 heteroatoms. The first kappa shape index (κ1) is 21.0. The summed E-state index contributed by atoms with van der Waals surface area (Å²) >= 11 is 5.87. The third-order valence-corrected chi connectivity index (χ3v) is 5.41. The number of benzene rings is 1. The predicted octanol–water partition coefficient (Wildman–Crippen LogP) is 2.87. The van der Waals surface area contributed by atoms with Gasteiger partial charge in [0.1, 0.15) is 6.04 Å². The molecule has 2 fully saturated rings. The number of hydrogen-bond donors (Lipinski definition) is 2. The summed E-state index contributed by atoms with van der Waals surface area (Å²) in [5, 5.41) is 7.09. The Labute approximate surface area is 166 Å². The smallest absolute Gasteiger partial charge is 0.251 e. The average molecular weight is 400 g/mol. The first-order valence-electron chi connectivity index (χ1n) is 9.05. The first-order valence-corrected chi connectivity index (χ1v) is 9.43. The zero-order valence-corrected chi connectivity index (χ0v) is 16.8. The molecular weight excluding hydrogens is 373 g/mol. The van der Waals surface area contributed by atoms with Crippen molar-refractivity contribution in [2.45, 2.75) is 51.2 Å². The van der Waals surface area contributed by atoms with Crippen LogP contribution in [0.25, 0.3) is 0 Å². The lowest BCUT2D eigenvalue weighted by Gasteiger charge is -2.30. The van der Waals surface area contributed by atoms with Crippen molar-refractivity contribution in [2.75, 3.05) is 13.1 Å². The van der Waals surface area contributed by atoms with Crippen molar-refractivity contribution in [3.05, 3.63) is 34.9 Å².